The Kier molecular flexibility index (Phi) is 3.25. The lowest BCUT2D eigenvalue weighted by molar-refractivity contribution is -0.143. The molecule has 0 saturated heterocycles. The molecule has 0 N–H and O–H groups in total. The van der Waals surface area contributed by atoms with Crippen LogP contribution in [0.5, 0.6) is 0 Å². The topological polar surface area (TPSA) is 43.4 Å². The van der Waals surface area contributed by atoms with E-state index in [0.29, 0.717) is 5.56 Å². The normalized spacial score (nSPS) is 16.6. The van der Waals surface area contributed by atoms with Gasteiger partial charge in [0.1, 0.15) is 6.10 Å². The predicted molar refractivity (Wildman–Crippen MR) is 59.5 cm³/mol. The number of ketones is 1. The van der Waals surface area contributed by atoms with Crippen LogP contribution in [0.15, 0.2) is 30.3 Å². The van der Waals surface area contributed by atoms with Gasteiger partial charge >= 0.3 is 5.97 Å². The van der Waals surface area contributed by atoms with Crippen molar-refractivity contribution in [1.29, 1.82) is 0 Å². The molecule has 3 nitrogen and oxygen atoms in total. The van der Waals surface area contributed by atoms with Gasteiger partial charge in [0.15, 0.2) is 11.2 Å². The Morgan fingerprint density at radius 2 is 1.88 bits per heavy atom. The summed E-state index contributed by atoms with van der Waals surface area (Å²) in [7, 11) is 0. The van der Waals surface area contributed by atoms with Crippen molar-refractivity contribution in [3.05, 3.63) is 35.9 Å². The summed E-state index contributed by atoms with van der Waals surface area (Å²) >= 11 is 5.76. The summed E-state index contributed by atoms with van der Waals surface area (Å²) in [5.41, 5.74) is 0.426. The summed E-state index contributed by atoms with van der Waals surface area (Å²) in [6, 6.07) is 8.50. The van der Waals surface area contributed by atoms with Crippen LogP contribution >= 0.6 is 11.6 Å². The highest BCUT2D eigenvalue weighted by atomic mass is 35.5. The molecule has 1 saturated carbocycles. The molecule has 1 aromatic rings. The number of carbonyl (C=O) groups is 2. The lowest BCUT2D eigenvalue weighted by Gasteiger charge is -2.08. The van der Waals surface area contributed by atoms with E-state index in [-0.39, 0.29) is 6.10 Å². The maximum absolute atomic E-state index is 11.8. The molecule has 4 heteroatoms. The van der Waals surface area contributed by atoms with Gasteiger partial charge in [-0.1, -0.05) is 30.3 Å². The summed E-state index contributed by atoms with van der Waals surface area (Å²) in [5, 5.41) is -1.23. The first kappa shape index (κ1) is 11.1. The number of benzene rings is 1. The lowest BCUT2D eigenvalue weighted by atomic mass is 10.1. The van der Waals surface area contributed by atoms with Crippen LogP contribution in [0.1, 0.15) is 23.2 Å². The molecule has 1 unspecified atom stereocenters. The van der Waals surface area contributed by atoms with Crippen molar-refractivity contribution in [1.82, 2.24) is 0 Å². The first-order valence-electron chi connectivity index (χ1n) is 5.12. The highest BCUT2D eigenvalue weighted by Gasteiger charge is 2.32. The minimum absolute atomic E-state index is 0.0303. The number of hydrogen-bond acceptors (Lipinski definition) is 3. The molecular weight excluding hydrogens is 228 g/mol. The third kappa shape index (κ3) is 2.61. The number of ether oxygens (including phenoxy) is 1. The largest absolute Gasteiger partial charge is 0.461 e. The Balaban J connectivity index is 2.00. The van der Waals surface area contributed by atoms with E-state index in [4.69, 9.17) is 16.3 Å². The van der Waals surface area contributed by atoms with Crippen molar-refractivity contribution in [3.63, 3.8) is 0 Å². The molecule has 1 aliphatic rings. The summed E-state index contributed by atoms with van der Waals surface area (Å²) in [6.07, 6.45) is 1.71. The van der Waals surface area contributed by atoms with Gasteiger partial charge in [0.05, 0.1) is 0 Å². The number of esters is 1. The smallest absolute Gasteiger partial charge is 0.332 e. The van der Waals surface area contributed by atoms with Crippen molar-refractivity contribution in [2.24, 2.45) is 0 Å². The molecule has 1 aromatic carbocycles. The van der Waals surface area contributed by atoms with Crippen LogP contribution in [-0.2, 0) is 9.53 Å². The number of halogens is 1. The average molecular weight is 239 g/mol. The molecular formula is C12H11ClO3. The van der Waals surface area contributed by atoms with Gasteiger partial charge in [-0.25, -0.2) is 4.79 Å². The second-order valence-corrected chi connectivity index (χ2v) is 4.17. The maximum Gasteiger partial charge on any atom is 0.332 e. The SMILES string of the molecule is O=C(OC1CC1)C(Cl)C(=O)c1ccccc1. The van der Waals surface area contributed by atoms with Gasteiger partial charge in [-0.05, 0) is 12.8 Å². The molecule has 0 heterocycles. The van der Waals surface area contributed by atoms with E-state index in [2.05, 4.69) is 0 Å². The predicted octanol–water partition coefficient (Wildman–Crippen LogP) is 2.18. The summed E-state index contributed by atoms with van der Waals surface area (Å²) in [6.45, 7) is 0. The van der Waals surface area contributed by atoms with Crippen LogP contribution in [-0.4, -0.2) is 23.2 Å². The Bertz CT molecular complexity index is 398. The quantitative estimate of drug-likeness (QED) is 0.350. The number of alkyl halides is 1. The molecule has 0 amide bonds. The third-order valence-corrected chi connectivity index (χ3v) is 2.68. The highest BCUT2D eigenvalue weighted by molar-refractivity contribution is 6.43. The van der Waals surface area contributed by atoms with E-state index < -0.39 is 17.1 Å². The standard InChI is InChI=1S/C12H11ClO3/c13-10(12(15)16-9-6-7-9)11(14)8-4-2-1-3-5-8/h1-5,9-10H,6-7H2. The van der Waals surface area contributed by atoms with Gasteiger partial charge in [0.2, 0.25) is 0 Å². The monoisotopic (exact) mass is 238 g/mol. The Hall–Kier alpha value is -1.35. The number of Topliss-reactive ketones (excluding diaryl/α,β-unsaturated/α-hetero) is 1. The van der Waals surface area contributed by atoms with Crippen LogP contribution in [0, 0.1) is 0 Å². The van der Waals surface area contributed by atoms with E-state index in [9.17, 15) is 9.59 Å². The Labute approximate surface area is 98.4 Å². The zero-order valence-electron chi connectivity index (χ0n) is 8.56. The average Bonchev–Trinajstić information content (AvgIpc) is 3.12. The molecule has 0 bridgehead atoms. The minimum atomic E-state index is -1.23. The zero-order valence-corrected chi connectivity index (χ0v) is 9.31. The number of carbonyl (C=O) groups excluding carboxylic acids is 2. The van der Waals surface area contributed by atoms with Gasteiger partial charge in [0.25, 0.3) is 0 Å². The summed E-state index contributed by atoms with van der Waals surface area (Å²) in [4.78, 5) is 23.2. The summed E-state index contributed by atoms with van der Waals surface area (Å²) in [5.74, 6) is -1.05. The fraction of sp³-hybridized carbons (Fsp3) is 0.333. The van der Waals surface area contributed by atoms with Crippen molar-refractivity contribution < 1.29 is 14.3 Å². The molecule has 1 aliphatic carbocycles. The Morgan fingerprint density at radius 3 is 2.44 bits per heavy atom. The molecule has 16 heavy (non-hydrogen) atoms. The summed E-state index contributed by atoms with van der Waals surface area (Å²) < 4.78 is 4.97. The van der Waals surface area contributed by atoms with Gasteiger partial charge in [-0.3, -0.25) is 4.79 Å². The van der Waals surface area contributed by atoms with Crippen molar-refractivity contribution in [2.45, 2.75) is 24.3 Å². The van der Waals surface area contributed by atoms with Crippen LogP contribution in [0.3, 0.4) is 0 Å². The van der Waals surface area contributed by atoms with Gasteiger partial charge in [-0.2, -0.15) is 0 Å². The first-order valence-corrected chi connectivity index (χ1v) is 5.56. The maximum atomic E-state index is 11.8. The van der Waals surface area contributed by atoms with Crippen molar-refractivity contribution in [2.75, 3.05) is 0 Å². The second kappa shape index (κ2) is 4.66. The van der Waals surface area contributed by atoms with Crippen LogP contribution < -0.4 is 0 Å². The Morgan fingerprint density at radius 1 is 1.25 bits per heavy atom. The second-order valence-electron chi connectivity index (χ2n) is 3.73. The fourth-order valence-electron chi connectivity index (χ4n) is 1.27. The van der Waals surface area contributed by atoms with Crippen molar-refractivity contribution >= 4 is 23.4 Å². The van der Waals surface area contributed by atoms with Crippen LogP contribution in [0.2, 0.25) is 0 Å². The fourth-order valence-corrected chi connectivity index (χ4v) is 1.44. The molecule has 0 radical (unpaired) electrons. The number of hydrogen-bond donors (Lipinski definition) is 0. The molecule has 0 spiro atoms. The molecule has 0 aliphatic heterocycles. The number of rotatable bonds is 4. The van der Waals surface area contributed by atoms with Crippen molar-refractivity contribution in [3.8, 4) is 0 Å². The van der Waals surface area contributed by atoms with Gasteiger partial charge in [-0.15, -0.1) is 11.6 Å². The molecule has 84 valence electrons. The van der Waals surface area contributed by atoms with Gasteiger partial charge < -0.3 is 4.74 Å². The van der Waals surface area contributed by atoms with E-state index >= 15 is 0 Å². The molecule has 1 fully saturated rings. The lowest BCUT2D eigenvalue weighted by Crippen LogP contribution is -2.27. The van der Waals surface area contributed by atoms with E-state index in [1.54, 1.807) is 30.3 Å². The molecule has 2 rings (SSSR count). The molecule has 0 aromatic heterocycles. The minimum Gasteiger partial charge on any atom is -0.461 e. The van der Waals surface area contributed by atoms with Crippen LogP contribution in [0.25, 0.3) is 0 Å². The van der Waals surface area contributed by atoms with Gasteiger partial charge in [0, 0.05) is 5.56 Å². The van der Waals surface area contributed by atoms with Crippen LogP contribution in [0.4, 0.5) is 0 Å². The van der Waals surface area contributed by atoms with E-state index in [1.165, 1.54) is 0 Å². The van der Waals surface area contributed by atoms with E-state index in [1.807, 2.05) is 0 Å². The zero-order chi connectivity index (χ0) is 11.5. The third-order valence-electron chi connectivity index (χ3n) is 2.30. The van der Waals surface area contributed by atoms with E-state index in [0.717, 1.165) is 12.8 Å². The first-order chi connectivity index (χ1) is 7.68. The highest BCUT2D eigenvalue weighted by Crippen LogP contribution is 2.25. The molecule has 1 atom stereocenters.